The van der Waals surface area contributed by atoms with Crippen LogP contribution in [0.5, 0.6) is 5.75 Å². The van der Waals surface area contributed by atoms with E-state index < -0.39 is 23.5 Å². The Morgan fingerprint density at radius 3 is 2.57 bits per heavy atom. The quantitative estimate of drug-likeness (QED) is 0.890. The summed E-state index contributed by atoms with van der Waals surface area (Å²) < 4.78 is 45.3. The van der Waals surface area contributed by atoms with Gasteiger partial charge in [0.15, 0.2) is 23.2 Å². The van der Waals surface area contributed by atoms with Gasteiger partial charge < -0.3 is 15.8 Å². The first-order chi connectivity index (χ1) is 10.1. The van der Waals surface area contributed by atoms with Crippen LogP contribution < -0.4 is 15.8 Å². The van der Waals surface area contributed by atoms with Gasteiger partial charge >= 0.3 is 0 Å². The van der Waals surface area contributed by atoms with E-state index in [0.29, 0.717) is 5.69 Å². The van der Waals surface area contributed by atoms with Crippen LogP contribution >= 0.6 is 0 Å². The molecule has 3 N–H and O–H groups in total. The molecule has 2 aromatic rings. The molecule has 6 heteroatoms. The lowest BCUT2D eigenvalue weighted by molar-refractivity contribution is 0.386. The summed E-state index contributed by atoms with van der Waals surface area (Å²) in [7, 11) is 1.34. The fourth-order valence-corrected chi connectivity index (χ4v) is 2.00. The second kappa shape index (κ2) is 6.49. The van der Waals surface area contributed by atoms with E-state index in [1.165, 1.54) is 37.4 Å². The van der Waals surface area contributed by atoms with Gasteiger partial charge in [0.2, 0.25) is 0 Å². The van der Waals surface area contributed by atoms with E-state index >= 15 is 0 Å². The van der Waals surface area contributed by atoms with E-state index in [1.54, 1.807) is 0 Å². The third-order valence-electron chi connectivity index (χ3n) is 3.08. The first kappa shape index (κ1) is 15.2. The number of ether oxygens (including phenoxy) is 1. The van der Waals surface area contributed by atoms with Crippen molar-refractivity contribution >= 4 is 5.69 Å². The van der Waals surface area contributed by atoms with Crippen LogP contribution in [0.2, 0.25) is 0 Å². The molecule has 3 nitrogen and oxygen atoms in total. The third-order valence-corrected chi connectivity index (χ3v) is 3.08. The Kier molecular flexibility index (Phi) is 4.70. The van der Waals surface area contributed by atoms with Crippen LogP contribution in [0.1, 0.15) is 11.6 Å². The first-order valence-corrected chi connectivity index (χ1v) is 6.31. The highest BCUT2D eigenvalue weighted by molar-refractivity contribution is 5.50. The number of halogens is 3. The smallest absolute Gasteiger partial charge is 0.165 e. The molecule has 2 rings (SSSR count). The van der Waals surface area contributed by atoms with Gasteiger partial charge in [-0.25, -0.2) is 13.2 Å². The van der Waals surface area contributed by atoms with Crippen LogP contribution in [-0.4, -0.2) is 13.7 Å². The highest BCUT2D eigenvalue weighted by Gasteiger charge is 2.17. The van der Waals surface area contributed by atoms with Crippen molar-refractivity contribution < 1.29 is 17.9 Å². The molecule has 0 amide bonds. The minimum absolute atomic E-state index is 0.0417. The van der Waals surface area contributed by atoms with Crippen LogP contribution in [0.3, 0.4) is 0 Å². The molecule has 0 bridgehead atoms. The summed E-state index contributed by atoms with van der Waals surface area (Å²) >= 11 is 0. The average Bonchev–Trinajstić information content (AvgIpc) is 2.49. The van der Waals surface area contributed by atoms with Crippen molar-refractivity contribution in [2.45, 2.75) is 6.04 Å². The normalized spacial score (nSPS) is 12.0. The maximum absolute atomic E-state index is 13.8. The molecular formula is C15H15F3N2O. The molecule has 0 heterocycles. The van der Waals surface area contributed by atoms with Gasteiger partial charge in [-0.15, -0.1) is 0 Å². The van der Waals surface area contributed by atoms with E-state index in [1.807, 2.05) is 0 Å². The minimum atomic E-state index is -0.950. The predicted molar refractivity (Wildman–Crippen MR) is 74.7 cm³/mol. The van der Waals surface area contributed by atoms with Crippen molar-refractivity contribution in [3.05, 3.63) is 59.4 Å². The minimum Gasteiger partial charge on any atom is -0.494 e. The zero-order chi connectivity index (χ0) is 15.4. The monoisotopic (exact) mass is 296 g/mol. The highest BCUT2D eigenvalue weighted by Crippen LogP contribution is 2.26. The number of benzene rings is 2. The Morgan fingerprint density at radius 2 is 1.90 bits per heavy atom. The molecule has 21 heavy (non-hydrogen) atoms. The lowest BCUT2D eigenvalue weighted by Crippen LogP contribution is -2.22. The largest absolute Gasteiger partial charge is 0.494 e. The number of nitrogens with two attached hydrogens (primary N) is 1. The van der Waals surface area contributed by atoms with E-state index in [2.05, 4.69) is 5.32 Å². The second-order valence-corrected chi connectivity index (χ2v) is 4.42. The summed E-state index contributed by atoms with van der Waals surface area (Å²) in [5, 5.41) is 2.94. The molecule has 0 saturated carbocycles. The molecule has 2 aromatic carbocycles. The molecular weight excluding hydrogens is 281 g/mol. The van der Waals surface area contributed by atoms with Crippen molar-refractivity contribution in [2.75, 3.05) is 19.0 Å². The SMILES string of the molecule is COc1cc(NC(CN)c2cccc(F)c2F)ccc1F. The molecule has 0 aliphatic rings. The number of hydrogen-bond acceptors (Lipinski definition) is 3. The number of nitrogens with one attached hydrogen (secondary N) is 1. The van der Waals surface area contributed by atoms with Crippen molar-refractivity contribution in [3.8, 4) is 5.75 Å². The van der Waals surface area contributed by atoms with E-state index in [0.717, 1.165) is 6.07 Å². The molecule has 0 spiro atoms. The van der Waals surface area contributed by atoms with Crippen LogP contribution in [0.4, 0.5) is 18.9 Å². The number of methoxy groups -OCH3 is 1. The summed E-state index contributed by atoms with van der Waals surface area (Å²) in [6.45, 7) is 0.0417. The van der Waals surface area contributed by atoms with Gasteiger partial charge in [0.25, 0.3) is 0 Å². The molecule has 1 atom stereocenters. The summed E-state index contributed by atoms with van der Waals surface area (Å²) in [6, 6.07) is 7.36. The van der Waals surface area contributed by atoms with Gasteiger partial charge in [0.1, 0.15) is 0 Å². The number of anilines is 1. The van der Waals surface area contributed by atoms with Gasteiger partial charge in [0.05, 0.1) is 13.2 Å². The summed E-state index contributed by atoms with van der Waals surface area (Å²) in [5.74, 6) is -2.35. The summed E-state index contributed by atoms with van der Waals surface area (Å²) in [5.41, 5.74) is 6.22. The molecule has 0 radical (unpaired) electrons. The lowest BCUT2D eigenvalue weighted by Gasteiger charge is -2.20. The molecule has 0 saturated heterocycles. The van der Waals surface area contributed by atoms with Gasteiger partial charge in [-0.1, -0.05) is 12.1 Å². The van der Waals surface area contributed by atoms with E-state index in [4.69, 9.17) is 10.5 Å². The highest BCUT2D eigenvalue weighted by atomic mass is 19.2. The average molecular weight is 296 g/mol. The lowest BCUT2D eigenvalue weighted by atomic mass is 10.1. The van der Waals surface area contributed by atoms with Crippen molar-refractivity contribution in [1.29, 1.82) is 0 Å². The van der Waals surface area contributed by atoms with Crippen LogP contribution in [0, 0.1) is 17.5 Å². The van der Waals surface area contributed by atoms with Gasteiger partial charge in [-0.2, -0.15) is 0 Å². The van der Waals surface area contributed by atoms with Crippen molar-refractivity contribution in [2.24, 2.45) is 5.73 Å². The standard InChI is InChI=1S/C15H15F3N2O/c1-21-14-7-9(5-6-11(14)16)20-13(8-19)10-3-2-4-12(17)15(10)18/h2-7,13,20H,8,19H2,1H3. The van der Waals surface area contributed by atoms with Gasteiger partial charge in [0, 0.05) is 23.9 Å². The Bertz CT molecular complexity index is 634. The Morgan fingerprint density at radius 1 is 1.14 bits per heavy atom. The van der Waals surface area contributed by atoms with Crippen molar-refractivity contribution in [3.63, 3.8) is 0 Å². The van der Waals surface area contributed by atoms with E-state index in [-0.39, 0.29) is 17.9 Å². The Balaban J connectivity index is 2.29. The maximum Gasteiger partial charge on any atom is 0.165 e. The molecule has 0 aromatic heterocycles. The number of hydrogen-bond donors (Lipinski definition) is 2. The second-order valence-electron chi connectivity index (χ2n) is 4.42. The zero-order valence-electron chi connectivity index (χ0n) is 11.4. The Labute approximate surface area is 120 Å². The topological polar surface area (TPSA) is 47.3 Å². The molecule has 1 unspecified atom stereocenters. The Hall–Kier alpha value is -2.21. The predicted octanol–water partition coefficient (Wildman–Crippen LogP) is 3.22. The van der Waals surface area contributed by atoms with Gasteiger partial charge in [-0.05, 0) is 18.2 Å². The van der Waals surface area contributed by atoms with Crippen LogP contribution in [0.25, 0.3) is 0 Å². The summed E-state index contributed by atoms with van der Waals surface area (Å²) in [4.78, 5) is 0. The zero-order valence-corrected chi connectivity index (χ0v) is 11.4. The van der Waals surface area contributed by atoms with Crippen LogP contribution in [-0.2, 0) is 0 Å². The van der Waals surface area contributed by atoms with E-state index in [9.17, 15) is 13.2 Å². The first-order valence-electron chi connectivity index (χ1n) is 6.31. The van der Waals surface area contributed by atoms with Crippen molar-refractivity contribution in [1.82, 2.24) is 0 Å². The summed E-state index contributed by atoms with van der Waals surface area (Å²) in [6.07, 6.45) is 0. The van der Waals surface area contributed by atoms with Gasteiger partial charge in [-0.3, -0.25) is 0 Å². The molecule has 112 valence electrons. The fourth-order valence-electron chi connectivity index (χ4n) is 2.00. The molecule has 0 aliphatic heterocycles. The molecule has 0 fully saturated rings. The fraction of sp³-hybridized carbons (Fsp3) is 0.200. The third kappa shape index (κ3) is 3.28. The maximum atomic E-state index is 13.8. The molecule has 0 aliphatic carbocycles. The van der Waals surface area contributed by atoms with Crippen LogP contribution in [0.15, 0.2) is 36.4 Å². The number of rotatable bonds is 5.